The average Bonchev–Trinajstić information content (AvgIpc) is 2.60. The number of aliphatic carboxylic acids is 1. The lowest BCUT2D eigenvalue weighted by Crippen LogP contribution is -2.45. The van der Waals surface area contributed by atoms with Gasteiger partial charge in [0.1, 0.15) is 17.9 Å². The van der Waals surface area contributed by atoms with Crippen LogP contribution in [0.25, 0.3) is 0 Å². The fraction of sp³-hybridized carbons (Fsp3) is 0.316. The molecule has 2 aromatic rings. The molecule has 23 heavy (non-hydrogen) atoms. The molecule has 1 aliphatic rings. The van der Waals surface area contributed by atoms with E-state index in [9.17, 15) is 9.90 Å². The average molecular weight is 311 g/mol. The van der Waals surface area contributed by atoms with Crippen molar-refractivity contribution in [3.05, 3.63) is 59.7 Å². The Balaban J connectivity index is 2.01. The lowest BCUT2D eigenvalue weighted by molar-refractivity contribution is -0.138. The molecule has 2 atom stereocenters. The molecule has 2 aromatic carbocycles. The van der Waals surface area contributed by atoms with Crippen LogP contribution in [0.4, 0.5) is 5.69 Å². The van der Waals surface area contributed by atoms with Gasteiger partial charge in [-0.3, -0.25) is 0 Å². The minimum atomic E-state index is -0.827. The molecule has 3 rings (SSSR count). The van der Waals surface area contributed by atoms with E-state index in [0.29, 0.717) is 6.54 Å². The summed E-state index contributed by atoms with van der Waals surface area (Å²) in [5.74, 6) is -0.0815. The van der Waals surface area contributed by atoms with Crippen LogP contribution in [-0.2, 0) is 11.2 Å². The maximum Gasteiger partial charge on any atom is 0.326 e. The number of carbonyl (C=O) groups is 1. The van der Waals surface area contributed by atoms with E-state index >= 15 is 0 Å². The highest BCUT2D eigenvalue weighted by atomic mass is 16.5. The molecular weight excluding hydrogens is 290 g/mol. The second-order valence-corrected chi connectivity index (χ2v) is 5.84. The highest BCUT2D eigenvalue weighted by molar-refractivity contribution is 5.79. The fourth-order valence-electron chi connectivity index (χ4n) is 2.92. The van der Waals surface area contributed by atoms with Crippen LogP contribution in [0, 0.1) is 0 Å². The standard InChI is InChI=1S/C19H21NO3/c1-3-14-9-10-17-16(11-14)20(13(2)19(21)22)12-18(23-17)15-7-5-4-6-8-15/h4-11,13,18H,3,12H2,1-2H3,(H,21,22). The Morgan fingerprint density at radius 2 is 2.04 bits per heavy atom. The first kappa shape index (κ1) is 15.4. The van der Waals surface area contributed by atoms with Gasteiger partial charge in [-0.15, -0.1) is 0 Å². The van der Waals surface area contributed by atoms with Crippen LogP contribution in [0.5, 0.6) is 5.75 Å². The second-order valence-electron chi connectivity index (χ2n) is 5.84. The van der Waals surface area contributed by atoms with Crippen LogP contribution < -0.4 is 9.64 Å². The van der Waals surface area contributed by atoms with Crippen LogP contribution >= 0.6 is 0 Å². The number of carboxylic acids is 1. The summed E-state index contributed by atoms with van der Waals surface area (Å²) in [6.45, 7) is 4.33. The van der Waals surface area contributed by atoms with Crippen molar-refractivity contribution in [1.82, 2.24) is 0 Å². The monoisotopic (exact) mass is 311 g/mol. The SMILES string of the molecule is CCc1ccc2c(c1)N(C(C)C(=O)O)CC(c1ccccc1)O2. The third kappa shape index (κ3) is 3.02. The topological polar surface area (TPSA) is 49.8 Å². The summed E-state index contributed by atoms with van der Waals surface area (Å²) < 4.78 is 6.14. The van der Waals surface area contributed by atoms with Gasteiger partial charge in [0.05, 0.1) is 12.2 Å². The maximum atomic E-state index is 11.5. The summed E-state index contributed by atoms with van der Waals surface area (Å²) in [6, 6.07) is 15.4. The number of hydrogen-bond donors (Lipinski definition) is 1. The quantitative estimate of drug-likeness (QED) is 0.936. The van der Waals surface area contributed by atoms with E-state index in [1.54, 1.807) is 6.92 Å². The van der Waals surface area contributed by atoms with Crippen LogP contribution in [-0.4, -0.2) is 23.7 Å². The summed E-state index contributed by atoms with van der Waals surface area (Å²) in [7, 11) is 0. The molecule has 0 bridgehead atoms. The number of anilines is 1. The third-order valence-corrected chi connectivity index (χ3v) is 4.37. The van der Waals surface area contributed by atoms with Gasteiger partial charge in [-0.1, -0.05) is 43.3 Å². The molecule has 0 spiro atoms. The third-order valence-electron chi connectivity index (χ3n) is 4.37. The van der Waals surface area contributed by atoms with Crippen molar-refractivity contribution in [2.45, 2.75) is 32.4 Å². The number of ether oxygens (including phenoxy) is 1. The Morgan fingerprint density at radius 1 is 1.30 bits per heavy atom. The summed E-state index contributed by atoms with van der Waals surface area (Å²) in [4.78, 5) is 13.5. The molecule has 0 aliphatic carbocycles. The van der Waals surface area contributed by atoms with Crippen molar-refractivity contribution in [2.75, 3.05) is 11.4 Å². The van der Waals surface area contributed by atoms with Crippen LogP contribution in [0.3, 0.4) is 0 Å². The number of nitrogens with zero attached hydrogens (tertiary/aromatic N) is 1. The molecule has 0 fully saturated rings. The number of benzene rings is 2. The predicted molar refractivity (Wildman–Crippen MR) is 90.1 cm³/mol. The highest BCUT2D eigenvalue weighted by Crippen LogP contribution is 2.39. The zero-order chi connectivity index (χ0) is 16.4. The molecule has 4 heteroatoms. The Kier molecular flexibility index (Phi) is 4.24. The summed E-state index contributed by atoms with van der Waals surface area (Å²) >= 11 is 0. The first-order chi connectivity index (χ1) is 11.1. The van der Waals surface area contributed by atoms with Gasteiger partial charge in [0.2, 0.25) is 0 Å². The number of aryl methyl sites for hydroxylation is 1. The number of hydrogen-bond acceptors (Lipinski definition) is 3. The molecule has 2 unspecified atom stereocenters. The molecule has 1 aliphatic heterocycles. The molecule has 1 heterocycles. The van der Waals surface area contributed by atoms with Crippen LogP contribution in [0.1, 0.15) is 31.1 Å². The van der Waals surface area contributed by atoms with Crippen molar-refractivity contribution >= 4 is 11.7 Å². The first-order valence-corrected chi connectivity index (χ1v) is 7.94. The zero-order valence-electron chi connectivity index (χ0n) is 13.4. The Bertz CT molecular complexity index is 699. The van der Waals surface area contributed by atoms with Gasteiger partial charge >= 0.3 is 5.97 Å². The number of rotatable bonds is 4. The molecule has 0 saturated carbocycles. The van der Waals surface area contributed by atoms with Crippen LogP contribution in [0.15, 0.2) is 48.5 Å². The van der Waals surface area contributed by atoms with Crippen molar-refractivity contribution in [3.8, 4) is 5.75 Å². The van der Waals surface area contributed by atoms with Gasteiger partial charge in [0, 0.05) is 0 Å². The van der Waals surface area contributed by atoms with Crippen LogP contribution in [0.2, 0.25) is 0 Å². The molecule has 4 nitrogen and oxygen atoms in total. The summed E-state index contributed by atoms with van der Waals surface area (Å²) in [6.07, 6.45) is 0.739. The van der Waals surface area contributed by atoms with Gasteiger partial charge in [0.15, 0.2) is 0 Å². The van der Waals surface area contributed by atoms with Crippen molar-refractivity contribution in [3.63, 3.8) is 0 Å². The Hall–Kier alpha value is -2.49. The van der Waals surface area contributed by atoms with E-state index in [1.807, 2.05) is 53.4 Å². The second kappa shape index (κ2) is 6.32. The van der Waals surface area contributed by atoms with Gasteiger partial charge in [-0.05, 0) is 36.6 Å². The minimum Gasteiger partial charge on any atom is -0.482 e. The van der Waals surface area contributed by atoms with Gasteiger partial charge in [0.25, 0.3) is 0 Å². The number of carboxylic acid groups (broad SMARTS) is 1. The molecule has 1 N–H and O–H groups in total. The van der Waals surface area contributed by atoms with Gasteiger partial charge in [-0.2, -0.15) is 0 Å². The molecular formula is C19H21NO3. The van der Waals surface area contributed by atoms with Gasteiger partial charge in [-0.25, -0.2) is 4.79 Å². The van der Waals surface area contributed by atoms with E-state index < -0.39 is 12.0 Å². The predicted octanol–water partition coefficient (Wildman–Crippen LogP) is 3.66. The van der Waals surface area contributed by atoms with Crippen molar-refractivity contribution in [1.29, 1.82) is 0 Å². The molecule has 0 aromatic heterocycles. The smallest absolute Gasteiger partial charge is 0.326 e. The van der Waals surface area contributed by atoms with E-state index in [2.05, 4.69) is 6.92 Å². The summed E-state index contributed by atoms with van der Waals surface area (Å²) in [5.41, 5.74) is 3.10. The first-order valence-electron chi connectivity index (χ1n) is 7.94. The maximum absolute atomic E-state index is 11.5. The molecule has 120 valence electrons. The van der Waals surface area contributed by atoms with E-state index in [0.717, 1.165) is 23.4 Å². The fourth-order valence-corrected chi connectivity index (χ4v) is 2.92. The normalized spacial score (nSPS) is 18.0. The Labute approximate surface area is 136 Å². The zero-order valence-corrected chi connectivity index (χ0v) is 13.4. The molecule has 0 radical (unpaired) electrons. The summed E-state index contributed by atoms with van der Waals surface area (Å²) in [5, 5.41) is 9.46. The van der Waals surface area contributed by atoms with Gasteiger partial charge < -0.3 is 14.7 Å². The van der Waals surface area contributed by atoms with E-state index in [1.165, 1.54) is 5.56 Å². The molecule has 0 saturated heterocycles. The number of fused-ring (bicyclic) bond motifs is 1. The lowest BCUT2D eigenvalue weighted by atomic mass is 10.0. The van der Waals surface area contributed by atoms with E-state index in [4.69, 9.17) is 4.74 Å². The lowest BCUT2D eigenvalue weighted by Gasteiger charge is -2.38. The largest absolute Gasteiger partial charge is 0.482 e. The molecule has 0 amide bonds. The van der Waals surface area contributed by atoms with E-state index in [-0.39, 0.29) is 6.10 Å². The van der Waals surface area contributed by atoms with Crippen molar-refractivity contribution in [2.24, 2.45) is 0 Å². The highest BCUT2D eigenvalue weighted by Gasteiger charge is 2.32. The van der Waals surface area contributed by atoms with Crippen molar-refractivity contribution < 1.29 is 14.6 Å². The minimum absolute atomic E-state index is 0.169. The Morgan fingerprint density at radius 3 is 2.70 bits per heavy atom.